The van der Waals surface area contributed by atoms with Crippen molar-refractivity contribution in [3.63, 3.8) is 0 Å². The first kappa shape index (κ1) is 15.6. The van der Waals surface area contributed by atoms with Crippen LogP contribution in [0, 0.1) is 0 Å². The third-order valence-electron chi connectivity index (χ3n) is 4.40. The Morgan fingerprint density at radius 3 is 2.64 bits per heavy atom. The van der Waals surface area contributed by atoms with Gasteiger partial charge in [-0.2, -0.15) is 5.10 Å². The van der Waals surface area contributed by atoms with E-state index in [1.165, 1.54) is 4.68 Å². The summed E-state index contributed by atoms with van der Waals surface area (Å²) in [6.07, 6.45) is 0.539. The average Bonchev–Trinajstić information content (AvgIpc) is 2.91. The van der Waals surface area contributed by atoms with Crippen LogP contribution in [-0.2, 0) is 18.2 Å². The molecule has 0 amide bonds. The van der Waals surface area contributed by atoms with E-state index in [4.69, 9.17) is 15.5 Å². The van der Waals surface area contributed by atoms with Crippen molar-refractivity contribution >= 4 is 16.9 Å². The molecule has 0 atom stereocenters. The number of aryl methyl sites for hydroxylation is 1. The van der Waals surface area contributed by atoms with Crippen molar-refractivity contribution in [1.82, 2.24) is 19.4 Å². The van der Waals surface area contributed by atoms with Gasteiger partial charge in [0.25, 0.3) is 5.56 Å². The van der Waals surface area contributed by atoms with Crippen LogP contribution < -0.4 is 16.3 Å². The van der Waals surface area contributed by atoms with Gasteiger partial charge in [-0.15, -0.1) is 0 Å². The molecule has 0 aliphatic carbocycles. The molecule has 8 nitrogen and oxygen atoms in total. The molecule has 1 aliphatic heterocycles. The van der Waals surface area contributed by atoms with Gasteiger partial charge in [-0.3, -0.25) is 9.48 Å². The van der Waals surface area contributed by atoms with E-state index >= 15 is 0 Å². The lowest BCUT2D eigenvalue weighted by Crippen LogP contribution is -2.50. The number of ether oxygens (including phenoxy) is 1. The highest BCUT2D eigenvalue weighted by atomic mass is 16.5. The zero-order valence-electron chi connectivity index (χ0n) is 14.1. The quantitative estimate of drug-likeness (QED) is 0.736. The predicted molar refractivity (Wildman–Crippen MR) is 95.2 cm³/mol. The number of aromatic nitrogens is 4. The second kappa shape index (κ2) is 6.21. The van der Waals surface area contributed by atoms with E-state index in [2.05, 4.69) is 5.10 Å². The number of benzene rings is 1. The van der Waals surface area contributed by atoms with E-state index < -0.39 is 0 Å². The van der Waals surface area contributed by atoms with Crippen LogP contribution in [0.15, 0.2) is 35.1 Å². The average molecular weight is 340 g/mol. The van der Waals surface area contributed by atoms with E-state index in [9.17, 15) is 4.79 Å². The van der Waals surface area contributed by atoms with Crippen molar-refractivity contribution in [1.29, 1.82) is 0 Å². The van der Waals surface area contributed by atoms with E-state index in [0.29, 0.717) is 49.6 Å². The lowest BCUT2D eigenvalue weighted by molar-refractivity contribution is 0.110. The van der Waals surface area contributed by atoms with Gasteiger partial charge in [0.15, 0.2) is 11.3 Å². The first-order chi connectivity index (χ1) is 12.1. The minimum Gasteiger partial charge on any atom is -0.380 e. The van der Waals surface area contributed by atoms with Crippen molar-refractivity contribution in [3.05, 3.63) is 52.1 Å². The van der Waals surface area contributed by atoms with Gasteiger partial charge in [0.2, 0.25) is 0 Å². The van der Waals surface area contributed by atoms with E-state index in [1.807, 2.05) is 35.3 Å². The number of nitrogen functional groups attached to an aromatic ring is 1. The molecule has 4 rings (SSSR count). The fourth-order valence-electron chi connectivity index (χ4n) is 3.22. The molecule has 2 aromatic heterocycles. The van der Waals surface area contributed by atoms with E-state index in [1.54, 1.807) is 11.7 Å². The molecule has 0 radical (unpaired) electrons. The van der Waals surface area contributed by atoms with Gasteiger partial charge in [-0.05, 0) is 5.56 Å². The zero-order chi connectivity index (χ0) is 17.4. The smallest absolute Gasteiger partial charge is 0.298 e. The molecule has 1 fully saturated rings. The highest BCUT2D eigenvalue weighted by molar-refractivity contribution is 5.84. The van der Waals surface area contributed by atoms with Crippen LogP contribution in [0.4, 0.5) is 5.82 Å². The van der Waals surface area contributed by atoms with Crippen molar-refractivity contribution in [2.45, 2.75) is 6.42 Å². The topological polar surface area (TPSA) is 91.2 Å². The maximum Gasteiger partial charge on any atom is 0.298 e. The molecule has 1 aliphatic rings. The molecule has 2 N–H and O–H groups in total. The zero-order valence-corrected chi connectivity index (χ0v) is 14.1. The van der Waals surface area contributed by atoms with Gasteiger partial charge in [-0.25, -0.2) is 9.66 Å². The summed E-state index contributed by atoms with van der Waals surface area (Å²) in [6.45, 7) is 2.45. The van der Waals surface area contributed by atoms with Crippen LogP contribution in [0.1, 0.15) is 11.4 Å². The van der Waals surface area contributed by atoms with Crippen molar-refractivity contribution in [2.75, 3.05) is 37.0 Å². The number of morpholine rings is 1. The first-order valence-electron chi connectivity index (χ1n) is 8.26. The summed E-state index contributed by atoms with van der Waals surface area (Å²) in [7, 11) is 1.71. The molecule has 1 saturated heterocycles. The molecule has 0 unspecified atom stereocenters. The summed E-state index contributed by atoms with van der Waals surface area (Å²) in [5.74, 6) is 0.934. The number of hydrogen-bond acceptors (Lipinski definition) is 6. The van der Waals surface area contributed by atoms with Crippen LogP contribution in [0.3, 0.4) is 0 Å². The second-order valence-corrected chi connectivity index (χ2v) is 6.08. The van der Waals surface area contributed by atoms with Crippen LogP contribution in [0.5, 0.6) is 0 Å². The Hall–Kier alpha value is -2.87. The first-order valence-corrected chi connectivity index (χ1v) is 8.26. The molecule has 1 aromatic carbocycles. The molecule has 8 heteroatoms. The summed E-state index contributed by atoms with van der Waals surface area (Å²) < 4.78 is 8.59. The Morgan fingerprint density at radius 2 is 1.92 bits per heavy atom. The summed E-state index contributed by atoms with van der Waals surface area (Å²) in [6, 6.07) is 9.96. The SMILES string of the molecule is Cn1nc(N)c2nc(Cc3ccccc3)n(N3CCOCC3)c(=O)c21. The number of fused-ring (bicyclic) bond motifs is 1. The monoisotopic (exact) mass is 340 g/mol. The Labute approximate surface area is 144 Å². The fraction of sp³-hybridized carbons (Fsp3) is 0.353. The van der Waals surface area contributed by atoms with Crippen LogP contribution in [0.25, 0.3) is 11.0 Å². The minimum atomic E-state index is -0.149. The summed E-state index contributed by atoms with van der Waals surface area (Å²) in [4.78, 5) is 17.9. The van der Waals surface area contributed by atoms with Crippen LogP contribution >= 0.6 is 0 Å². The van der Waals surface area contributed by atoms with Gasteiger partial charge in [0.1, 0.15) is 11.3 Å². The maximum atomic E-state index is 13.2. The van der Waals surface area contributed by atoms with E-state index in [-0.39, 0.29) is 11.4 Å². The van der Waals surface area contributed by atoms with Crippen molar-refractivity contribution in [2.24, 2.45) is 7.05 Å². The largest absolute Gasteiger partial charge is 0.380 e. The molecule has 0 saturated carbocycles. The maximum absolute atomic E-state index is 13.2. The summed E-state index contributed by atoms with van der Waals surface area (Å²) in [5, 5.41) is 6.15. The van der Waals surface area contributed by atoms with Crippen molar-refractivity contribution < 1.29 is 4.74 Å². The Balaban J connectivity index is 1.91. The summed E-state index contributed by atoms with van der Waals surface area (Å²) in [5.41, 5.74) is 7.77. The molecule has 3 aromatic rings. The Kier molecular flexibility index (Phi) is 3.89. The molecule has 130 valence electrons. The Morgan fingerprint density at radius 1 is 1.20 bits per heavy atom. The van der Waals surface area contributed by atoms with Crippen LogP contribution in [-0.4, -0.2) is 45.7 Å². The molecular weight excluding hydrogens is 320 g/mol. The van der Waals surface area contributed by atoms with Gasteiger partial charge < -0.3 is 15.5 Å². The molecular formula is C17H20N6O2. The third kappa shape index (κ3) is 2.74. The minimum absolute atomic E-state index is 0.149. The highest BCUT2D eigenvalue weighted by Crippen LogP contribution is 2.17. The third-order valence-corrected chi connectivity index (χ3v) is 4.40. The van der Waals surface area contributed by atoms with Crippen LogP contribution in [0.2, 0.25) is 0 Å². The predicted octanol–water partition coefficient (Wildman–Crippen LogP) is 0.271. The highest BCUT2D eigenvalue weighted by Gasteiger charge is 2.22. The number of hydrogen-bond donors (Lipinski definition) is 1. The number of nitrogens with zero attached hydrogens (tertiary/aromatic N) is 5. The normalized spacial score (nSPS) is 15.0. The standard InChI is InChI=1S/C17H20N6O2/c1-21-15-14(16(18)20-21)19-13(11-12-5-3-2-4-6-12)23(17(15)24)22-7-9-25-10-8-22/h2-6H,7-11H2,1H3,(H2,18,20). The lowest BCUT2D eigenvalue weighted by atomic mass is 10.1. The van der Waals surface area contributed by atoms with E-state index in [0.717, 1.165) is 5.56 Å². The van der Waals surface area contributed by atoms with Gasteiger partial charge in [-0.1, -0.05) is 30.3 Å². The molecule has 0 bridgehead atoms. The number of nitrogens with two attached hydrogens (primary N) is 1. The number of anilines is 1. The van der Waals surface area contributed by atoms with Gasteiger partial charge >= 0.3 is 0 Å². The second-order valence-electron chi connectivity index (χ2n) is 6.08. The van der Waals surface area contributed by atoms with Gasteiger partial charge in [0, 0.05) is 13.5 Å². The molecule has 3 heterocycles. The summed E-state index contributed by atoms with van der Waals surface area (Å²) >= 11 is 0. The molecule has 0 spiro atoms. The number of rotatable bonds is 3. The Bertz CT molecular complexity index is 957. The van der Waals surface area contributed by atoms with Crippen molar-refractivity contribution in [3.8, 4) is 0 Å². The lowest BCUT2D eigenvalue weighted by Gasteiger charge is -2.31. The molecule has 25 heavy (non-hydrogen) atoms. The van der Waals surface area contributed by atoms with Gasteiger partial charge in [0.05, 0.1) is 26.3 Å². The fourth-order valence-corrected chi connectivity index (χ4v) is 3.22.